The standard InChI is InChI=1S/C17H15N5S/c1-9-19-16(15-12-3-2-4-14(12)23-17(15)20-9)21-11-5-6-13-10(7-11)8-18-22-13/h5-8H,2-4H2,1H3,(H,18,22)(H,19,20,21). The second-order valence-electron chi connectivity index (χ2n) is 5.95. The zero-order chi connectivity index (χ0) is 15.4. The van der Waals surface area contributed by atoms with Crippen LogP contribution >= 0.6 is 11.3 Å². The van der Waals surface area contributed by atoms with Gasteiger partial charge in [0.1, 0.15) is 16.5 Å². The summed E-state index contributed by atoms with van der Waals surface area (Å²) in [5, 5.41) is 12.9. The van der Waals surface area contributed by atoms with Gasteiger partial charge in [0.2, 0.25) is 0 Å². The van der Waals surface area contributed by atoms with E-state index < -0.39 is 0 Å². The van der Waals surface area contributed by atoms with Crippen molar-refractivity contribution in [2.75, 3.05) is 5.32 Å². The predicted molar refractivity (Wildman–Crippen MR) is 93.6 cm³/mol. The quantitative estimate of drug-likeness (QED) is 0.583. The first-order valence-electron chi connectivity index (χ1n) is 7.77. The molecule has 3 aromatic heterocycles. The number of aromatic nitrogens is 4. The van der Waals surface area contributed by atoms with Gasteiger partial charge >= 0.3 is 0 Å². The van der Waals surface area contributed by atoms with E-state index in [1.807, 2.05) is 30.5 Å². The van der Waals surface area contributed by atoms with Gasteiger partial charge in [-0.2, -0.15) is 5.10 Å². The Morgan fingerprint density at radius 2 is 2.17 bits per heavy atom. The molecular formula is C17H15N5S. The number of nitrogens with one attached hydrogen (secondary N) is 2. The van der Waals surface area contributed by atoms with E-state index in [0.29, 0.717) is 0 Å². The lowest BCUT2D eigenvalue weighted by atomic mass is 10.2. The van der Waals surface area contributed by atoms with Crippen LogP contribution in [0, 0.1) is 6.92 Å². The molecule has 114 valence electrons. The van der Waals surface area contributed by atoms with Gasteiger partial charge in [-0.1, -0.05) is 0 Å². The topological polar surface area (TPSA) is 66.5 Å². The van der Waals surface area contributed by atoms with Crippen LogP contribution < -0.4 is 5.32 Å². The van der Waals surface area contributed by atoms with Gasteiger partial charge in [0.25, 0.3) is 0 Å². The highest BCUT2D eigenvalue weighted by molar-refractivity contribution is 7.19. The second-order valence-corrected chi connectivity index (χ2v) is 7.04. The summed E-state index contributed by atoms with van der Waals surface area (Å²) in [6.07, 6.45) is 5.39. The molecule has 1 aromatic carbocycles. The lowest BCUT2D eigenvalue weighted by Gasteiger charge is -2.09. The summed E-state index contributed by atoms with van der Waals surface area (Å²) in [5.41, 5.74) is 3.50. The summed E-state index contributed by atoms with van der Waals surface area (Å²) in [7, 11) is 0. The van der Waals surface area contributed by atoms with Crippen LogP contribution in [0.2, 0.25) is 0 Å². The minimum absolute atomic E-state index is 0.810. The van der Waals surface area contributed by atoms with Crippen LogP contribution in [0.3, 0.4) is 0 Å². The maximum absolute atomic E-state index is 4.68. The van der Waals surface area contributed by atoms with Crippen LogP contribution in [-0.2, 0) is 12.8 Å². The van der Waals surface area contributed by atoms with Crippen molar-refractivity contribution in [3.8, 4) is 0 Å². The fourth-order valence-electron chi connectivity index (χ4n) is 3.35. The highest BCUT2D eigenvalue weighted by Gasteiger charge is 2.22. The highest BCUT2D eigenvalue weighted by Crippen LogP contribution is 2.40. The minimum Gasteiger partial charge on any atom is -0.340 e. The Hall–Kier alpha value is -2.47. The molecule has 0 radical (unpaired) electrons. The molecule has 0 atom stereocenters. The molecular weight excluding hydrogens is 306 g/mol. The number of anilines is 2. The van der Waals surface area contributed by atoms with Crippen molar-refractivity contribution >= 4 is 44.0 Å². The van der Waals surface area contributed by atoms with E-state index in [1.165, 1.54) is 28.7 Å². The third-order valence-electron chi connectivity index (χ3n) is 4.38. The van der Waals surface area contributed by atoms with Gasteiger partial charge in [0, 0.05) is 16.0 Å². The van der Waals surface area contributed by atoms with Crippen LogP contribution in [0.15, 0.2) is 24.4 Å². The Morgan fingerprint density at radius 1 is 1.22 bits per heavy atom. The first-order valence-corrected chi connectivity index (χ1v) is 8.58. The van der Waals surface area contributed by atoms with Crippen molar-refractivity contribution in [2.45, 2.75) is 26.2 Å². The fourth-order valence-corrected chi connectivity index (χ4v) is 4.66. The van der Waals surface area contributed by atoms with Gasteiger partial charge < -0.3 is 5.32 Å². The molecule has 1 aliphatic rings. The average molecular weight is 321 g/mol. The first-order chi connectivity index (χ1) is 11.3. The van der Waals surface area contributed by atoms with E-state index in [1.54, 1.807) is 0 Å². The Morgan fingerprint density at radius 3 is 3.13 bits per heavy atom. The van der Waals surface area contributed by atoms with Crippen molar-refractivity contribution in [3.05, 3.63) is 40.7 Å². The lowest BCUT2D eigenvalue weighted by Crippen LogP contribution is -1.98. The fraction of sp³-hybridized carbons (Fsp3) is 0.235. The van der Waals surface area contributed by atoms with Gasteiger partial charge in [-0.15, -0.1) is 11.3 Å². The highest BCUT2D eigenvalue weighted by atomic mass is 32.1. The van der Waals surface area contributed by atoms with E-state index >= 15 is 0 Å². The Labute approximate surface area is 136 Å². The van der Waals surface area contributed by atoms with Crippen LogP contribution in [0.25, 0.3) is 21.1 Å². The predicted octanol–water partition coefficient (Wildman–Crippen LogP) is 4.11. The van der Waals surface area contributed by atoms with E-state index in [0.717, 1.165) is 39.5 Å². The molecule has 0 bridgehead atoms. The number of hydrogen-bond acceptors (Lipinski definition) is 5. The zero-order valence-corrected chi connectivity index (χ0v) is 13.5. The average Bonchev–Trinajstić information content (AvgIpc) is 3.20. The van der Waals surface area contributed by atoms with Crippen molar-refractivity contribution < 1.29 is 0 Å². The molecule has 0 saturated carbocycles. The number of aryl methyl sites for hydroxylation is 3. The first kappa shape index (κ1) is 13.0. The van der Waals surface area contributed by atoms with E-state index in [9.17, 15) is 0 Å². The molecule has 6 heteroatoms. The van der Waals surface area contributed by atoms with Crippen LogP contribution in [-0.4, -0.2) is 20.2 Å². The normalized spacial score (nSPS) is 13.8. The third kappa shape index (κ3) is 2.02. The number of fused-ring (bicyclic) bond motifs is 4. The van der Waals surface area contributed by atoms with Crippen LogP contribution in [0.1, 0.15) is 22.7 Å². The van der Waals surface area contributed by atoms with Crippen LogP contribution in [0.4, 0.5) is 11.5 Å². The molecule has 5 nitrogen and oxygen atoms in total. The second kappa shape index (κ2) is 4.76. The molecule has 0 aliphatic heterocycles. The van der Waals surface area contributed by atoms with Crippen molar-refractivity contribution in [1.29, 1.82) is 0 Å². The number of thiophene rings is 1. The molecule has 4 aromatic rings. The molecule has 0 saturated heterocycles. The van der Waals surface area contributed by atoms with Gasteiger partial charge in [-0.3, -0.25) is 5.10 Å². The molecule has 3 heterocycles. The lowest BCUT2D eigenvalue weighted by molar-refractivity contribution is 0.917. The Kier molecular flexibility index (Phi) is 2.69. The van der Waals surface area contributed by atoms with Gasteiger partial charge in [-0.25, -0.2) is 9.97 Å². The molecule has 2 N–H and O–H groups in total. The SMILES string of the molecule is Cc1nc(Nc2ccc3[nH]ncc3c2)c2c3c(sc2n1)CCC3. The number of aromatic amines is 1. The molecule has 5 rings (SSSR count). The summed E-state index contributed by atoms with van der Waals surface area (Å²) in [4.78, 5) is 11.9. The third-order valence-corrected chi connectivity index (χ3v) is 5.57. The minimum atomic E-state index is 0.810. The maximum Gasteiger partial charge on any atom is 0.143 e. The maximum atomic E-state index is 4.68. The summed E-state index contributed by atoms with van der Waals surface area (Å²) in [5.74, 6) is 1.74. The number of rotatable bonds is 2. The molecule has 23 heavy (non-hydrogen) atoms. The van der Waals surface area contributed by atoms with Crippen LogP contribution in [0.5, 0.6) is 0 Å². The molecule has 0 fully saturated rings. The van der Waals surface area contributed by atoms with E-state index in [-0.39, 0.29) is 0 Å². The Bertz CT molecular complexity index is 1050. The zero-order valence-electron chi connectivity index (χ0n) is 12.7. The number of hydrogen-bond donors (Lipinski definition) is 2. The molecule has 0 unspecified atom stereocenters. The van der Waals surface area contributed by atoms with Gasteiger partial charge in [0.05, 0.1) is 17.1 Å². The molecule has 1 aliphatic carbocycles. The number of H-pyrrole nitrogens is 1. The number of nitrogens with zero attached hydrogens (tertiary/aromatic N) is 3. The van der Waals surface area contributed by atoms with Gasteiger partial charge in [-0.05, 0) is 49.9 Å². The molecule has 0 spiro atoms. The van der Waals surface area contributed by atoms with E-state index in [2.05, 4.69) is 37.6 Å². The summed E-state index contributed by atoms with van der Waals surface area (Å²) >= 11 is 1.82. The molecule has 0 amide bonds. The van der Waals surface area contributed by atoms with E-state index in [4.69, 9.17) is 0 Å². The largest absolute Gasteiger partial charge is 0.340 e. The summed E-state index contributed by atoms with van der Waals surface area (Å²) in [6, 6.07) is 6.18. The van der Waals surface area contributed by atoms with Crippen molar-refractivity contribution in [2.24, 2.45) is 0 Å². The van der Waals surface area contributed by atoms with Crippen molar-refractivity contribution in [3.63, 3.8) is 0 Å². The summed E-state index contributed by atoms with van der Waals surface area (Å²) in [6.45, 7) is 1.95. The Balaban J connectivity index is 1.66. The smallest absolute Gasteiger partial charge is 0.143 e. The monoisotopic (exact) mass is 321 g/mol. The van der Waals surface area contributed by atoms with Gasteiger partial charge in [0.15, 0.2) is 0 Å². The van der Waals surface area contributed by atoms with Crippen molar-refractivity contribution in [1.82, 2.24) is 20.2 Å². The number of benzene rings is 1. The summed E-state index contributed by atoms with van der Waals surface area (Å²) < 4.78 is 0.